The molecule has 1 N–H and O–H groups in total. The van der Waals surface area contributed by atoms with E-state index >= 15 is 0 Å². The number of hydrogen-bond donors (Lipinski definition) is 1. The summed E-state index contributed by atoms with van der Waals surface area (Å²) in [6.45, 7) is 6.15. The highest BCUT2D eigenvalue weighted by molar-refractivity contribution is 7.99. The minimum absolute atomic E-state index is 0.314. The first-order chi connectivity index (χ1) is 13.5. The van der Waals surface area contributed by atoms with Gasteiger partial charge in [0.25, 0.3) is 0 Å². The van der Waals surface area contributed by atoms with Gasteiger partial charge in [-0.05, 0) is 32.9 Å². The minimum Gasteiger partial charge on any atom is -0.497 e. The van der Waals surface area contributed by atoms with Crippen molar-refractivity contribution >= 4 is 11.8 Å². The number of aromatic nitrogens is 2. The summed E-state index contributed by atoms with van der Waals surface area (Å²) in [5.74, 6) is 1.47. The number of aliphatic hydroxyl groups is 1. The lowest BCUT2D eigenvalue weighted by Gasteiger charge is -2.32. The van der Waals surface area contributed by atoms with Gasteiger partial charge in [-0.25, -0.2) is 9.97 Å². The van der Waals surface area contributed by atoms with E-state index in [1.807, 2.05) is 45.0 Å². The number of thioether (sulfide) groups is 1. The zero-order valence-electron chi connectivity index (χ0n) is 16.3. The molecular weight excluding hydrogens is 380 g/mol. The van der Waals surface area contributed by atoms with E-state index in [0.29, 0.717) is 12.4 Å². The summed E-state index contributed by atoms with van der Waals surface area (Å²) < 4.78 is 23.1. The summed E-state index contributed by atoms with van der Waals surface area (Å²) in [6.07, 6.45) is -2.09. The van der Waals surface area contributed by atoms with Crippen LogP contribution in [0.2, 0.25) is 0 Å². The molecule has 150 valence electrons. The van der Waals surface area contributed by atoms with Crippen LogP contribution in [-0.4, -0.2) is 52.5 Å². The molecule has 0 bridgehead atoms. The van der Waals surface area contributed by atoms with E-state index in [-0.39, 0.29) is 6.10 Å². The summed E-state index contributed by atoms with van der Waals surface area (Å²) in [7, 11) is 1.62. The molecule has 2 aromatic rings. The van der Waals surface area contributed by atoms with Crippen molar-refractivity contribution in [2.24, 2.45) is 0 Å². The summed E-state index contributed by atoms with van der Waals surface area (Å²) in [5, 5.41) is 11.7. The number of methoxy groups -OCH3 is 1. The Morgan fingerprint density at radius 3 is 2.57 bits per heavy atom. The predicted molar refractivity (Wildman–Crippen MR) is 103 cm³/mol. The Kier molecular flexibility index (Phi) is 5.57. The van der Waals surface area contributed by atoms with Crippen LogP contribution in [0.1, 0.15) is 28.9 Å². The van der Waals surface area contributed by atoms with Gasteiger partial charge >= 0.3 is 0 Å². The summed E-state index contributed by atoms with van der Waals surface area (Å²) in [5.41, 5.74) is 2.33. The molecule has 5 atom stereocenters. The second-order valence-electron chi connectivity index (χ2n) is 6.98. The fraction of sp³-hybridized carbons (Fsp3) is 0.500. The number of nitrogens with zero attached hydrogens (tertiary/aromatic N) is 2. The predicted octanol–water partition coefficient (Wildman–Crippen LogP) is 2.70. The lowest BCUT2D eigenvalue weighted by atomic mass is 10.1. The Hall–Kier alpha value is -1.71. The number of fused-ring (bicyclic) bond motifs is 1. The van der Waals surface area contributed by atoms with Crippen LogP contribution in [0.4, 0.5) is 0 Å². The molecule has 1 aromatic heterocycles. The van der Waals surface area contributed by atoms with Crippen molar-refractivity contribution in [1.82, 2.24) is 9.97 Å². The maximum absolute atomic E-state index is 10.8. The van der Waals surface area contributed by atoms with Crippen molar-refractivity contribution in [3.05, 3.63) is 46.9 Å². The molecule has 0 amide bonds. The third-order valence-electron chi connectivity index (χ3n) is 5.06. The maximum Gasteiger partial charge on any atom is 0.184 e. The topological polar surface area (TPSA) is 82.9 Å². The molecular formula is C20H24N2O5S. The van der Waals surface area contributed by atoms with Gasteiger partial charge in [-0.1, -0.05) is 23.9 Å². The van der Waals surface area contributed by atoms with Crippen LogP contribution >= 0.6 is 11.8 Å². The lowest BCUT2D eigenvalue weighted by molar-refractivity contribution is -0.252. The fourth-order valence-corrected chi connectivity index (χ4v) is 4.59. The SMILES string of the molecule is COc1ccc(C2OC[C@@H]3O[C@@H](Sc4nc(C)nc(C)c4C)[C@H](O)[C@@H]3O2)cc1. The molecule has 2 aliphatic heterocycles. The van der Waals surface area contributed by atoms with Crippen molar-refractivity contribution in [3.63, 3.8) is 0 Å². The van der Waals surface area contributed by atoms with Gasteiger partial charge in [-0.2, -0.15) is 0 Å². The zero-order valence-corrected chi connectivity index (χ0v) is 17.1. The van der Waals surface area contributed by atoms with Crippen LogP contribution in [0, 0.1) is 20.8 Å². The number of aryl methyl sites for hydroxylation is 2. The van der Waals surface area contributed by atoms with Crippen LogP contribution in [0.15, 0.2) is 29.3 Å². The van der Waals surface area contributed by atoms with E-state index in [1.165, 1.54) is 11.8 Å². The third-order valence-corrected chi connectivity index (χ3v) is 6.30. The fourth-order valence-electron chi connectivity index (χ4n) is 3.37. The maximum atomic E-state index is 10.8. The first-order valence-electron chi connectivity index (χ1n) is 9.19. The quantitative estimate of drug-likeness (QED) is 0.779. The Bertz CT molecular complexity index is 847. The second kappa shape index (κ2) is 7.96. The van der Waals surface area contributed by atoms with E-state index in [9.17, 15) is 5.11 Å². The minimum atomic E-state index is -0.783. The molecule has 0 aliphatic carbocycles. The Balaban J connectivity index is 1.47. The molecule has 4 rings (SSSR count). The highest BCUT2D eigenvalue weighted by Crippen LogP contribution is 2.41. The molecule has 7 nitrogen and oxygen atoms in total. The van der Waals surface area contributed by atoms with Crippen LogP contribution in [0.25, 0.3) is 0 Å². The number of hydrogen-bond acceptors (Lipinski definition) is 8. The molecule has 2 aliphatic rings. The normalized spacial score (nSPS) is 29.5. The largest absolute Gasteiger partial charge is 0.497 e. The van der Waals surface area contributed by atoms with Gasteiger partial charge in [0.15, 0.2) is 6.29 Å². The van der Waals surface area contributed by atoms with Crippen molar-refractivity contribution < 1.29 is 24.1 Å². The van der Waals surface area contributed by atoms with Crippen LogP contribution in [-0.2, 0) is 14.2 Å². The van der Waals surface area contributed by atoms with E-state index in [0.717, 1.165) is 27.6 Å². The molecule has 8 heteroatoms. The van der Waals surface area contributed by atoms with Crippen molar-refractivity contribution in [3.8, 4) is 5.75 Å². The van der Waals surface area contributed by atoms with Gasteiger partial charge in [0.2, 0.25) is 0 Å². The summed E-state index contributed by atoms with van der Waals surface area (Å²) in [4.78, 5) is 8.88. The summed E-state index contributed by atoms with van der Waals surface area (Å²) in [6, 6.07) is 7.51. The Morgan fingerprint density at radius 1 is 1.11 bits per heavy atom. The number of ether oxygens (including phenoxy) is 4. The second-order valence-corrected chi connectivity index (χ2v) is 8.06. The average molecular weight is 404 g/mol. The molecule has 0 saturated carbocycles. The van der Waals surface area contributed by atoms with E-state index < -0.39 is 23.9 Å². The van der Waals surface area contributed by atoms with E-state index in [4.69, 9.17) is 18.9 Å². The van der Waals surface area contributed by atoms with Gasteiger partial charge in [-0.15, -0.1) is 0 Å². The first kappa shape index (κ1) is 19.6. The highest BCUT2D eigenvalue weighted by Gasteiger charge is 2.49. The monoisotopic (exact) mass is 404 g/mol. The molecule has 1 aromatic carbocycles. The number of rotatable bonds is 4. The van der Waals surface area contributed by atoms with Gasteiger partial charge in [-0.3, -0.25) is 0 Å². The van der Waals surface area contributed by atoms with Gasteiger partial charge in [0, 0.05) is 16.8 Å². The van der Waals surface area contributed by atoms with Crippen molar-refractivity contribution in [2.45, 2.75) is 55.8 Å². The van der Waals surface area contributed by atoms with Crippen LogP contribution < -0.4 is 4.74 Å². The molecule has 2 fully saturated rings. The molecule has 0 spiro atoms. The molecule has 1 unspecified atom stereocenters. The van der Waals surface area contributed by atoms with E-state index in [1.54, 1.807) is 7.11 Å². The molecule has 2 saturated heterocycles. The Morgan fingerprint density at radius 2 is 1.86 bits per heavy atom. The van der Waals surface area contributed by atoms with Crippen LogP contribution in [0.5, 0.6) is 5.75 Å². The van der Waals surface area contributed by atoms with Crippen molar-refractivity contribution in [1.29, 1.82) is 0 Å². The van der Waals surface area contributed by atoms with Gasteiger partial charge in [0.1, 0.15) is 40.3 Å². The zero-order chi connectivity index (χ0) is 19.8. The molecule has 28 heavy (non-hydrogen) atoms. The third kappa shape index (κ3) is 3.75. The van der Waals surface area contributed by atoms with Gasteiger partial charge < -0.3 is 24.1 Å². The number of aliphatic hydroxyl groups excluding tert-OH is 1. The summed E-state index contributed by atoms with van der Waals surface area (Å²) >= 11 is 1.41. The molecule has 3 heterocycles. The first-order valence-corrected chi connectivity index (χ1v) is 10.1. The average Bonchev–Trinajstić information content (AvgIpc) is 3.01. The standard InChI is InChI=1S/C20H24N2O5S/c1-10-11(2)21-12(3)22-18(10)28-20-16(23)17-15(26-20)9-25-19(27-17)13-5-7-14(24-4)8-6-13/h5-8,15-17,19-20,23H,9H2,1-4H3/t15-,16+,17+,19?,20-/m0/s1. The Labute approximate surface area is 168 Å². The lowest BCUT2D eigenvalue weighted by Crippen LogP contribution is -2.42. The van der Waals surface area contributed by atoms with Gasteiger partial charge in [0.05, 0.1) is 13.7 Å². The van der Waals surface area contributed by atoms with E-state index in [2.05, 4.69) is 9.97 Å². The van der Waals surface area contributed by atoms with Crippen LogP contribution in [0.3, 0.4) is 0 Å². The van der Waals surface area contributed by atoms with Crippen molar-refractivity contribution in [2.75, 3.05) is 13.7 Å². The molecule has 0 radical (unpaired) electrons. The smallest absolute Gasteiger partial charge is 0.184 e. The highest BCUT2D eigenvalue weighted by atomic mass is 32.2. The number of benzene rings is 1.